The Morgan fingerprint density at radius 2 is 2.06 bits per heavy atom. The molecular weight excluding hydrogens is 228 g/mol. The first-order chi connectivity index (χ1) is 8.31. The molecule has 0 saturated heterocycles. The summed E-state index contributed by atoms with van der Waals surface area (Å²) < 4.78 is 5.06. The zero-order valence-electron chi connectivity index (χ0n) is 11.3. The van der Waals surface area contributed by atoms with Gasteiger partial charge in [0.25, 0.3) is 0 Å². The van der Waals surface area contributed by atoms with Crippen molar-refractivity contribution in [2.75, 3.05) is 12.8 Å². The van der Waals surface area contributed by atoms with E-state index in [2.05, 4.69) is 5.32 Å². The highest BCUT2D eigenvalue weighted by atomic mass is 16.5. The van der Waals surface area contributed by atoms with Crippen LogP contribution >= 0.6 is 0 Å². The fourth-order valence-corrected chi connectivity index (χ4v) is 1.44. The highest BCUT2D eigenvalue weighted by molar-refractivity contribution is 5.92. The van der Waals surface area contributed by atoms with Crippen molar-refractivity contribution in [3.63, 3.8) is 0 Å². The molecule has 0 spiro atoms. The molecule has 0 aromatic heterocycles. The fraction of sp³-hybridized carbons (Fsp3) is 0.357. The highest BCUT2D eigenvalue weighted by Gasteiger charge is 2.11. The number of hydrogen-bond donors (Lipinski definition) is 2. The lowest BCUT2D eigenvalue weighted by molar-refractivity contribution is -0.117. The third-order valence-corrected chi connectivity index (χ3v) is 2.18. The summed E-state index contributed by atoms with van der Waals surface area (Å²) in [6.45, 7) is 5.80. The molecular formula is C14H20N2O2. The minimum atomic E-state index is -0.236. The Labute approximate surface area is 108 Å². The number of hydrogen-bond acceptors (Lipinski definition) is 3. The van der Waals surface area contributed by atoms with E-state index in [-0.39, 0.29) is 11.4 Å². The van der Waals surface area contributed by atoms with Crippen LogP contribution in [0, 0.1) is 0 Å². The van der Waals surface area contributed by atoms with Crippen LogP contribution in [0.15, 0.2) is 24.3 Å². The molecule has 0 atom stereocenters. The number of methoxy groups -OCH3 is 1. The monoisotopic (exact) mass is 248 g/mol. The van der Waals surface area contributed by atoms with Gasteiger partial charge < -0.3 is 15.8 Å². The van der Waals surface area contributed by atoms with Crippen LogP contribution in [0.25, 0.3) is 6.08 Å². The first kappa shape index (κ1) is 14.1. The Balaban J connectivity index is 2.73. The summed E-state index contributed by atoms with van der Waals surface area (Å²) in [7, 11) is 1.57. The Morgan fingerprint density at radius 1 is 1.39 bits per heavy atom. The molecule has 0 heterocycles. The van der Waals surface area contributed by atoms with Gasteiger partial charge in [-0.15, -0.1) is 0 Å². The van der Waals surface area contributed by atoms with Crippen molar-refractivity contribution < 1.29 is 9.53 Å². The fourth-order valence-electron chi connectivity index (χ4n) is 1.44. The van der Waals surface area contributed by atoms with Crippen molar-refractivity contribution in [2.45, 2.75) is 26.3 Å². The summed E-state index contributed by atoms with van der Waals surface area (Å²) in [4.78, 5) is 11.6. The quantitative estimate of drug-likeness (QED) is 0.636. The van der Waals surface area contributed by atoms with Gasteiger partial charge in [-0.1, -0.05) is 6.07 Å². The number of carbonyl (C=O) groups is 1. The molecule has 0 aliphatic carbocycles. The number of rotatable bonds is 3. The van der Waals surface area contributed by atoms with E-state index in [1.807, 2.05) is 26.8 Å². The van der Waals surface area contributed by atoms with E-state index in [0.717, 1.165) is 5.56 Å². The van der Waals surface area contributed by atoms with Crippen LogP contribution in [0.4, 0.5) is 5.69 Å². The predicted molar refractivity (Wildman–Crippen MR) is 74.3 cm³/mol. The van der Waals surface area contributed by atoms with Crippen molar-refractivity contribution >= 4 is 17.7 Å². The highest BCUT2D eigenvalue weighted by Crippen LogP contribution is 2.22. The average Bonchev–Trinajstić information content (AvgIpc) is 2.24. The maximum absolute atomic E-state index is 11.6. The molecule has 0 fully saturated rings. The lowest BCUT2D eigenvalue weighted by Crippen LogP contribution is -2.39. The van der Waals surface area contributed by atoms with Crippen LogP contribution in [-0.2, 0) is 4.79 Å². The zero-order chi connectivity index (χ0) is 13.8. The molecule has 0 aliphatic heterocycles. The van der Waals surface area contributed by atoms with Crippen LogP contribution in [0.1, 0.15) is 26.3 Å². The van der Waals surface area contributed by atoms with Gasteiger partial charge in [0, 0.05) is 11.6 Å². The third-order valence-electron chi connectivity index (χ3n) is 2.18. The largest absolute Gasteiger partial charge is 0.495 e. The number of nitrogens with two attached hydrogens (primary N) is 1. The molecule has 0 radical (unpaired) electrons. The second kappa shape index (κ2) is 5.58. The van der Waals surface area contributed by atoms with Gasteiger partial charge in [-0.3, -0.25) is 4.79 Å². The first-order valence-corrected chi connectivity index (χ1v) is 5.75. The predicted octanol–water partition coefficient (Wildman–Crippen LogP) is 2.21. The molecule has 1 rings (SSSR count). The molecule has 0 saturated carbocycles. The van der Waals surface area contributed by atoms with Crippen LogP contribution in [0.5, 0.6) is 5.75 Å². The molecule has 1 aromatic carbocycles. The number of ether oxygens (including phenoxy) is 1. The second-order valence-electron chi connectivity index (χ2n) is 5.07. The summed E-state index contributed by atoms with van der Waals surface area (Å²) in [6.07, 6.45) is 3.21. The molecule has 3 N–H and O–H groups in total. The Bertz CT molecular complexity index is 459. The van der Waals surface area contributed by atoms with Crippen LogP contribution in [0.2, 0.25) is 0 Å². The van der Waals surface area contributed by atoms with E-state index < -0.39 is 0 Å². The van der Waals surface area contributed by atoms with E-state index in [4.69, 9.17) is 10.5 Å². The topological polar surface area (TPSA) is 64.3 Å². The van der Waals surface area contributed by atoms with Crippen molar-refractivity contribution in [1.29, 1.82) is 0 Å². The van der Waals surface area contributed by atoms with E-state index in [0.29, 0.717) is 11.4 Å². The maximum Gasteiger partial charge on any atom is 0.244 e. The molecule has 1 aromatic rings. The number of anilines is 1. The standard InChI is InChI=1S/C14H20N2O2/c1-14(2,3)16-13(17)8-6-10-5-7-12(18-4)11(15)9-10/h5-9H,15H2,1-4H3,(H,16,17)/b8-6+. The smallest absolute Gasteiger partial charge is 0.244 e. The molecule has 1 amide bonds. The maximum atomic E-state index is 11.6. The number of benzene rings is 1. The minimum Gasteiger partial charge on any atom is -0.495 e. The molecule has 4 heteroatoms. The van der Waals surface area contributed by atoms with Crippen LogP contribution in [-0.4, -0.2) is 18.6 Å². The molecule has 0 aliphatic rings. The van der Waals surface area contributed by atoms with Gasteiger partial charge in [0.2, 0.25) is 5.91 Å². The summed E-state index contributed by atoms with van der Waals surface area (Å²) in [5, 5.41) is 2.84. The van der Waals surface area contributed by atoms with E-state index >= 15 is 0 Å². The Kier molecular flexibility index (Phi) is 4.37. The lowest BCUT2D eigenvalue weighted by atomic mass is 10.1. The Morgan fingerprint density at radius 3 is 2.56 bits per heavy atom. The van der Waals surface area contributed by atoms with Gasteiger partial charge in [0.15, 0.2) is 0 Å². The third kappa shape index (κ3) is 4.49. The molecule has 0 unspecified atom stereocenters. The Hall–Kier alpha value is -1.97. The molecule has 4 nitrogen and oxygen atoms in total. The van der Waals surface area contributed by atoms with Gasteiger partial charge in [-0.25, -0.2) is 0 Å². The number of nitrogen functional groups attached to an aromatic ring is 1. The van der Waals surface area contributed by atoms with Crippen molar-refractivity contribution in [3.05, 3.63) is 29.8 Å². The van der Waals surface area contributed by atoms with Gasteiger partial charge >= 0.3 is 0 Å². The molecule has 0 bridgehead atoms. The SMILES string of the molecule is COc1ccc(/C=C/C(=O)NC(C)(C)C)cc1N. The van der Waals surface area contributed by atoms with Gasteiger partial charge in [0.1, 0.15) is 5.75 Å². The minimum absolute atomic E-state index is 0.128. The summed E-state index contributed by atoms with van der Waals surface area (Å²) in [6, 6.07) is 5.38. The normalized spacial score (nSPS) is 11.6. The summed E-state index contributed by atoms with van der Waals surface area (Å²) in [5.74, 6) is 0.503. The number of amides is 1. The van der Waals surface area contributed by atoms with Crippen molar-refractivity contribution in [3.8, 4) is 5.75 Å². The van der Waals surface area contributed by atoms with Crippen LogP contribution < -0.4 is 15.8 Å². The first-order valence-electron chi connectivity index (χ1n) is 5.75. The number of carbonyl (C=O) groups excluding carboxylic acids is 1. The van der Waals surface area contributed by atoms with Crippen molar-refractivity contribution in [2.24, 2.45) is 0 Å². The molecule has 98 valence electrons. The van der Waals surface area contributed by atoms with E-state index in [9.17, 15) is 4.79 Å². The van der Waals surface area contributed by atoms with E-state index in [1.54, 1.807) is 25.3 Å². The van der Waals surface area contributed by atoms with Gasteiger partial charge in [-0.2, -0.15) is 0 Å². The van der Waals surface area contributed by atoms with E-state index in [1.165, 1.54) is 6.08 Å². The second-order valence-corrected chi connectivity index (χ2v) is 5.07. The summed E-state index contributed by atoms with van der Waals surface area (Å²) in [5.41, 5.74) is 6.96. The lowest BCUT2D eigenvalue weighted by Gasteiger charge is -2.18. The van der Waals surface area contributed by atoms with Gasteiger partial charge in [-0.05, 0) is 44.5 Å². The van der Waals surface area contributed by atoms with Crippen molar-refractivity contribution in [1.82, 2.24) is 5.32 Å². The van der Waals surface area contributed by atoms with Crippen LogP contribution in [0.3, 0.4) is 0 Å². The summed E-state index contributed by atoms with van der Waals surface area (Å²) >= 11 is 0. The average molecular weight is 248 g/mol. The zero-order valence-corrected chi connectivity index (χ0v) is 11.3. The number of nitrogens with one attached hydrogen (secondary N) is 1. The van der Waals surface area contributed by atoms with Gasteiger partial charge in [0.05, 0.1) is 12.8 Å². The molecule has 18 heavy (non-hydrogen) atoms.